The second-order valence-corrected chi connectivity index (χ2v) is 9.62. The molecule has 1 aliphatic heterocycles. The Morgan fingerprint density at radius 3 is 2.42 bits per heavy atom. The summed E-state index contributed by atoms with van der Waals surface area (Å²) in [6, 6.07) is 19.0. The number of benzene rings is 2. The average Bonchev–Trinajstić information content (AvgIpc) is 3.31. The van der Waals surface area contributed by atoms with Crippen LogP contribution in [0.5, 0.6) is 0 Å². The van der Waals surface area contributed by atoms with Gasteiger partial charge in [0, 0.05) is 6.54 Å². The molecule has 9 heteroatoms. The Hall–Kier alpha value is -3.56. The van der Waals surface area contributed by atoms with Crippen LogP contribution in [0, 0.1) is 5.92 Å². The topological polar surface area (TPSA) is 121 Å². The second kappa shape index (κ2) is 11.0. The van der Waals surface area contributed by atoms with E-state index in [1.165, 1.54) is 7.11 Å². The number of nitrogens with zero attached hydrogens (tertiary/aromatic N) is 3. The number of aromatic nitrogens is 3. The van der Waals surface area contributed by atoms with E-state index >= 15 is 0 Å². The van der Waals surface area contributed by atoms with Gasteiger partial charge in [0.05, 0.1) is 37.7 Å². The van der Waals surface area contributed by atoms with Gasteiger partial charge in [-0.25, -0.2) is 0 Å². The number of carbonyl (C=O) groups excluding carboxylic acids is 2. The lowest BCUT2D eigenvalue weighted by Gasteiger charge is -2.32. The van der Waals surface area contributed by atoms with Crippen LogP contribution in [-0.4, -0.2) is 45.9 Å². The highest BCUT2D eigenvalue weighted by Crippen LogP contribution is 2.39. The minimum atomic E-state index is -1.08. The molecule has 36 heavy (non-hydrogen) atoms. The molecule has 0 radical (unpaired) electrons. The molecule has 2 unspecified atom stereocenters. The van der Waals surface area contributed by atoms with Crippen molar-refractivity contribution in [1.29, 1.82) is 0 Å². The highest BCUT2D eigenvalue weighted by atomic mass is 16.5. The number of rotatable bonds is 9. The van der Waals surface area contributed by atoms with Gasteiger partial charge in [0.15, 0.2) is 5.82 Å². The van der Waals surface area contributed by atoms with Crippen molar-refractivity contribution in [2.75, 3.05) is 13.7 Å². The molecule has 4 rings (SSSR count). The molecule has 0 spiro atoms. The van der Waals surface area contributed by atoms with E-state index in [9.17, 15) is 9.59 Å². The van der Waals surface area contributed by atoms with Crippen molar-refractivity contribution in [3.63, 3.8) is 0 Å². The number of methoxy groups -OCH3 is 1. The van der Waals surface area contributed by atoms with E-state index < -0.39 is 11.6 Å². The van der Waals surface area contributed by atoms with Crippen molar-refractivity contribution >= 4 is 11.9 Å². The molecule has 3 atom stereocenters. The predicted octanol–water partition coefficient (Wildman–Crippen LogP) is 2.71. The fourth-order valence-electron chi connectivity index (χ4n) is 4.50. The molecule has 1 aromatic heterocycles. The Labute approximate surface area is 211 Å². The van der Waals surface area contributed by atoms with Crippen molar-refractivity contribution in [2.24, 2.45) is 11.7 Å². The standard InChI is InChI=1S/C27H33N5O4/c1-27(2,28)26(34)29-21(17-36-16-18-10-6-4-7-11-18)23-30-31-24-22(19-12-8-5-9-13-19)20(25(33)35-3)14-15-32(23)24/h4-13,20-22H,14-17,28H2,1-3H3,(H,29,34)/t20?,21-,22?/m1/s1. The van der Waals surface area contributed by atoms with Crippen LogP contribution in [0.4, 0.5) is 0 Å². The molecule has 0 saturated heterocycles. The molecule has 9 nitrogen and oxygen atoms in total. The summed E-state index contributed by atoms with van der Waals surface area (Å²) >= 11 is 0. The van der Waals surface area contributed by atoms with Crippen LogP contribution in [0.25, 0.3) is 0 Å². The first-order chi connectivity index (χ1) is 17.3. The van der Waals surface area contributed by atoms with Gasteiger partial charge in [-0.2, -0.15) is 0 Å². The van der Waals surface area contributed by atoms with E-state index in [1.54, 1.807) is 13.8 Å². The van der Waals surface area contributed by atoms with Crippen LogP contribution in [0.1, 0.15) is 55.0 Å². The van der Waals surface area contributed by atoms with Crippen LogP contribution >= 0.6 is 0 Å². The van der Waals surface area contributed by atoms with Crippen molar-refractivity contribution < 1.29 is 19.1 Å². The van der Waals surface area contributed by atoms with Gasteiger partial charge in [-0.1, -0.05) is 60.7 Å². The van der Waals surface area contributed by atoms with Gasteiger partial charge in [-0.15, -0.1) is 10.2 Å². The molecule has 2 heterocycles. The highest BCUT2D eigenvalue weighted by Gasteiger charge is 2.40. The number of nitrogens with one attached hydrogen (secondary N) is 1. The molecule has 0 saturated carbocycles. The van der Waals surface area contributed by atoms with E-state index in [4.69, 9.17) is 15.2 Å². The zero-order valence-corrected chi connectivity index (χ0v) is 20.9. The van der Waals surface area contributed by atoms with E-state index in [2.05, 4.69) is 15.5 Å². The van der Waals surface area contributed by atoms with Gasteiger partial charge in [-0.3, -0.25) is 9.59 Å². The van der Waals surface area contributed by atoms with Gasteiger partial charge in [0.2, 0.25) is 5.91 Å². The smallest absolute Gasteiger partial charge is 0.309 e. The molecule has 0 bridgehead atoms. The van der Waals surface area contributed by atoms with Crippen LogP contribution in [0.2, 0.25) is 0 Å². The van der Waals surface area contributed by atoms with Gasteiger partial charge in [-0.05, 0) is 31.4 Å². The third-order valence-electron chi connectivity index (χ3n) is 6.41. The lowest BCUT2D eigenvalue weighted by molar-refractivity contribution is -0.146. The molecule has 0 aliphatic carbocycles. The maximum absolute atomic E-state index is 12.8. The molecular formula is C27H33N5O4. The SMILES string of the molecule is COC(=O)C1CCn2c(nnc2[C@@H](COCc2ccccc2)NC(=O)C(C)(C)N)C1c1ccccc1. The minimum Gasteiger partial charge on any atom is -0.469 e. The van der Waals surface area contributed by atoms with E-state index in [0.717, 1.165) is 11.1 Å². The summed E-state index contributed by atoms with van der Waals surface area (Å²) in [4.78, 5) is 25.5. The van der Waals surface area contributed by atoms with Crippen molar-refractivity contribution in [3.05, 3.63) is 83.4 Å². The monoisotopic (exact) mass is 491 g/mol. The second-order valence-electron chi connectivity index (χ2n) is 9.62. The van der Waals surface area contributed by atoms with Crippen molar-refractivity contribution in [1.82, 2.24) is 20.1 Å². The van der Waals surface area contributed by atoms with Gasteiger partial charge in [0.25, 0.3) is 0 Å². The molecular weight excluding hydrogens is 458 g/mol. The number of esters is 1. The lowest BCUT2D eigenvalue weighted by Crippen LogP contribution is -2.51. The largest absolute Gasteiger partial charge is 0.469 e. The Kier molecular flexibility index (Phi) is 7.81. The maximum atomic E-state index is 12.8. The van der Waals surface area contributed by atoms with Crippen molar-refractivity contribution in [3.8, 4) is 0 Å². The molecule has 1 amide bonds. The van der Waals surface area contributed by atoms with Gasteiger partial charge >= 0.3 is 5.97 Å². The molecule has 1 aliphatic rings. The number of carbonyl (C=O) groups is 2. The number of hydrogen-bond donors (Lipinski definition) is 2. The third kappa shape index (κ3) is 5.63. The Balaban J connectivity index is 1.65. The number of hydrogen-bond acceptors (Lipinski definition) is 7. The first kappa shape index (κ1) is 25.5. The quantitative estimate of drug-likeness (QED) is 0.442. The summed E-state index contributed by atoms with van der Waals surface area (Å²) in [5, 5.41) is 12.0. The molecule has 3 aromatic rings. The highest BCUT2D eigenvalue weighted by molar-refractivity contribution is 5.85. The number of nitrogens with two attached hydrogens (primary N) is 1. The Morgan fingerprint density at radius 2 is 1.78 bits per heavy atom. The number of amides is 1. The first-order valence-electron chi connectivity index (χ1n) is 12.1. The third-order valence-corrected chi connectivity index (χ3v) is 6.41. The zero-order valence-electron chi connectivity index (χ0n) is 20.9. The fourth-order valence-corrected chi connectivity index (χ4v) is 4.50. The number of ether oxygens (including phenoxy) is 2. The predicted molar refractivity (Wildman–Crippen MR) is 134 cm³/mol. The molecule has 0 fully saturated rings. The summed E-state index contributed by atoms with van der Waals surface area (Å²) in [7, 11) is 1.40. The van der Waals surface area contributed by atoms with Crippen LogP contribution in [0.15, 0.2) is 60.7 Å². The lowest BCUT2D eigenvalue weighted by atomic mass is 9.81. The van der Waals surface area contributed by atoms with Crippen LogP contribution in [0.3, 0.4) is 0 Å². The summed E-state index contributed by atoms with van der Waals surface area (Å²) in [6.45, 7) is 4.38. The summed E-state index contributed by atoms with van der Waals surface area (Å²) < 4.78 is 13.1. The summed E-state index contributed by atoms with van der Waals surface area (Å²) in [5.41, 5.74) is 6.96. The fraction of sp³-hybridized carbons (Fsp3) is 0.407. The summed E-state index contributed by atoms with van der Waals surface area (Å²) in [6.07, 6.45) is 0.554. The Bertz CT molecular complexity index is 1170. The van der Waals surface area contributed by atoms with E-state index in [-0.39, 0.29) is 30.3 Å². The van der Waals surface area contributed by atoms with Crippen LogP contribution in [-0.2, 0) is 32.2 Å². The molecule has 190 valence electrons. The van der Waals surface area contributed by atoms with E-state index in [0.29, 0.717) is 31.2 Å². The Morgan fingerprint density at radius 1 is 1.11 bits per heavy atom. The van der Waals surface area contributed by atoms with Gasteiger partial charge in [0.1, 0.15) is 11.9 Å². The summed E-state index contributed by atoms with van der Waals surface area (Å²) in [5.74, 6) is -0.0721. The van der Waals surface area contributed by atoms with Crippen LogP contribution < -0.4 is 11.1 Å². The normalized spacial score (nSPS) is 18.2. The van der Waals surface area contributed by atoms with E-state index in [1.807, 2.05) is 65.2 Å². The first-order valence-corrected chi connectivity index (χ1v) is 12.1. The van der Waals surface area contributed by atoms with Crippen molar-refractivity contribution in [2.45, 2.75) is 50.9 Å². The number of fused-ring (bicyclic) bond motifs is 1. The molecule has 3 N–H and O–H groups in total. The maximum Gasteiger partial charge on any atom is 0.309 e. The van der Waals surface area contributed by atoms with Gasteiger partial charge < -0.3 is 25.1 Å². The average molecular weight is 492 g/mol. The zero-order chi connectivity index (χ0) is 25.7. The molecule has 2 aromatic carbocycles. The minimum absolute atomic E-state index is 0.186.